The number of aryl methyl sites for hydroxylation is 2. The highest BCUT2D eigenvalue weighted by atomic mass is 16.5. The van der Waals surface area contributed by atoms with Crippen molar-refractivity contribution in [1.29, 1.82) is 0 Å². The Labute approximate surface area is 118 Å². The second-order valence-corrected chi connectivity index (χ2v) is 5.14. The molecule has 1 heterocycles. The van der Waals surface area contributed by atoms with Crippen LogP contribution >= 0.6 is 0 Å². The molecule has 0 bridgehead atoms. The van der Waals surface area contributed by atoms with E-state index in [-0.39, 0.29) is 5.91 Å². The number of carbonyl (C=O) groups is 1. The smallest absolute Gasteiger partial charge is 0.258 e. The van der Waals surface area contributed by atoms with Gasteiger partial charge >= 0.3 is 0 Å². The second-order valence-electron chi connectivity index (χ2n) is 5.14. The number of fused-ring (bicyclic) bond motifs is 1. The molecule has 0 fully saturated rings. The van der Waals surface area contributed by atoms with Gasteiger partial charge in [-0.05, 0) is 43.7 Å². The van der Waals surface area contributed by atoms with Crippen LogP contribution in [-0.2, 0) is 0 Å². The van der Waals surface area contributed by atoms with E-state index in [9.17, 15) is 4.79 Å². The van der Waals surface area contributed by atoms with Crippen molar-refractivity contribution in [2.75, 3.05) is 18.1 Å². The van der Waals surface area contributed by atoms with Crippen molar-refractivity contribution >= 4 is 11.6 Å². The summed E-state index contributed by atoms with van der Waals surface area (Å²) in [5.74, 6) is 0.808. The summed E-state index contributed by atoms with van der Waals surface area (Å²) in [5, 5.41) is 0. The molecule has 0 spiro atoms. The van der Waals surface area contributed by atoms with E-state index in [1.807, 2.05) is 56.3 Å². The van der Waals surface area contributed by atoms with Crippen LogP contribution in [-0.4, -0.2) is 19.1 Å². The minimum Gasteiger partial charge on any atom is -0.490 e. The van der Waals surface area contributed by atoms with Crippen LogP contribution in [0.5, 0.6) is 5.75 Å². The molecule has 0 atom stereocenters. The lowest BCUT2D eigenvalue weighted by atomic mass is 10.1. The number of anilines is 1. The fraction of sp³-hybridized carbons (Fsp3) is 0.235. The maximum atomic E-state index is 12.7. The predicted octanol–water partition coefficient (Wildman–Crippen LogP) is 3.34. The first kappa shape index (κ1) is 12.7. The maximum absolute atomic E-state index is 12.7. The van der Waals surface area contributed by atoms with Crippen LogP contribution in [0.15, 0.2) is 42.5 Å². The van der Waals surface area contributed by atoms with Crippen LogP contribution in [0.25, 0.3) is 0 Å². The van der Waals surface area contributed by atoms with E-state index in [1.165, 1.54) is 0 Å². The van der Waals surface area contributed by atoms with Crippen molar-refractivity contribution in [2.24, 2.45) is 0 Å². The van der Waals surface area contributed by atoms with E-state index in [0.717, 1.165) is 22.6 Å². The first-order valence-corrected chi connectivity index (χ1v) is 6.77. The van der Waals surface area contributed by atoms with Crippen molar-refractivity contribution in [1.82, 2.24) is 0 Å². The number of amides is 1. The van der Waals surface area contributed by atoms with Crippen LogP contribution in [0.4, 0.5) is 5.69 Å². The number of rotatable bonds is 1. The highest BCUT2D eigenvalue weighted by Crippen LogP contribution is 2.33. The third-order valence-electron chi connectivity index (χ3n) is 3.52. The lowest BCUT2D eigenvalue weighted by molar-refractivity contribution is 0.0976. The average molecular weight is 267 g/mol. The summed E-state index contributed by atoms with van der Waals surface area (Å²) in [7, 11) is 0. The molecule has 0 radical (unpaired) electrons. The molecule has 0 saturated carbocycles. The summed E-state index contributed by atoms with van der Waals surface area (Å²) in [6, 6.07) is 13.6. The Hall–Kier alpha value is -2.29. The Balaban J connectivity index is 1.97. The third kappa shape index (κ3) is 2.27. The Kier molecular flexibility index (Phi) is 3.18. The van der Waals surface area contributed by atoms with Gasteiger partial charge in [0.15, 0.2) is 0 Å². The summed E-state index contributed by atoms with van der Waals surface area (Å²) in [4.78, 5) is 14.5. The van der Waals surface area contributed by atoms with E-state index < -0.39 is 0 Å². The van der Waals surface area contributed by atoms with Crippen LogP contribution in [0.1, 0.15) is 21.5 Å². The third-order valence-corrected chi connectivity index (χ3v) is 3.52. The lowest BCUT2D eigenvalue weighted by Crippen LogP contribution is -2.38. The van der Waals surface area contributed by atoms with E-state index in [0.29, 0.717) is 18.7 Å². The zero-order chi connectivity index (χ0) is 14.1. The number of carbonyl (C=O) groups excluding carboxylic acids is 1. The van der Waals surface area contributed by atoms with Gasteiger partial charge in [0.05, 0.1) is 12.2 Å². The van der Waals surface area contributed by atoms with Crippen molar-refractivity contribution in [3.63, 3.8) is 0 Å². The van der Waals surface area contributed by atoms with Gasteiger partial charge in [-0.2, -0.15) is 0 Å². The Morgan fingerprint density at radius 1 is 1.05 bits per heavy atom. The van der Waals surface area contributed by atoms with Crippen molar-refractivity contribution in [3.05, 3.63) is 59.2 Å². The molecule has 0 aliphatic carbocycles. The van der Waals surface area contributed by atoms with Gasteiger partial charge in [0, 0.05) is 5.56 Å². The predicted molar refractivity (Wildman–Crippen MR) is 79.5 cm³/mol. The largest absolute Gasteiger partial charge is 0.490 e. The fourth-order valence-electron chi connectivity index (χ4n) is 2.39. The summed E-state index contributed by atoms with van der Waals surface area (Å²) in [6.07, 6.45) is 0. The maximum Gasteiger partial charge on any atom is 0.258 e. The monoisotopic (exact) mass is 267 g/mol. The molecule has 0 N–H and O–H groups in total. The standard InChI is InChI=1S/C17H17NO2/c1-12-3-6-14(7-4-12)17(19)18-9-10-20-16-8-5-13(2)11-15(16)18/h3-8,11H,9-10H2,1-2H3. The molecule has 3 nitrogen and oxygen atoms in total. The van der Waals surface area contributed by atoms with Crippen LogP contribution in [0, 0.1) is 13.8 Å². The van der Waals surface area contributed by atoms with E-state index in [4.69, 9.17) is 4.74 Å². The van der Waals surface area contributed by atoms with Crippen LogP contribution in [0.3, 0.4) is 0 Å². The quantitative estimate of drug-likeness (QED) is 0.793. The van der Waals surface area contributed by atoms with Gasteiger partial charge in [-0.1, -0.05) is 23.8 Å². The van der Waals surface area contributed by atoms with Crippen molar-refractivity contribution in [3.8, 4) is 5.75 Å². The van der Waals surface area contributed by atoms with Gasteiger partial charge < -0.3 is 9.64 Å². The first-order valence-electron chi connectivity index (χ1n) is 6.77. The van der Waals surface area contributed by atoms with E-state index >= 15 is 0 Å². The highest BCUT2D eigenvalue weighted by molar-refractivity contribution is 6.07. The van der Waals surface area contributed by atoms with Gasteiger partial charge in [0.25, 0.3) is 5.91 Å². The molecular weight excluding hydrogens is 250 g/mol. The zero-order valence-corrected chi connectivity index (χ0v) is 11.7. The normalized spacial score (nSPS) is 13.6. The Morgan fingerprint density at radius 3 is 2.50 bits per heavy atom. The molecule has 20 heavy (non-hydrogen) atoms. The first-order chi connectivity index (χ1) is 9.65. The summed E-state index contributed by atoms with van der Waals surface area (Å²) in [5.41, 5.74) is 3.85. The summed E-state index contributed by atoms with van der Waals surface area (Å²) >= 11 is 0. The van der Waals surface area contributed by atoms with Gasteiger partial charge in [0.2, 0.25) is 0 Å². The molecule has 3 rings (SSSR count). The summed E-state index contributed by atoms with van der Waals surface area (Å²) < 4.78 is 5.62. The van der Waals surface area contributed by atoms with Crippen LogP contribution < -0.4 is 9.64 Å². The minimum atomic E-state index is 0.0279. The van der Waals surface area contributed by atoms with Gasteiger partial charge in [-0.25, -0.2) is 0 Å². The lowest BCUT2D eigenvalue weighted by Gasteiger charge is -2.30. The number of hydrogen-bond donors (Lipinski definition) is 0. The number of ether oxygens (including phenoxy) is 1. The molecule has 0 unspecified atom stereocenters. The number of nitrogens with zero attached hydrogens (tertiary/aromatic N) is 1. The molecular formula is C17H17NO2. The Morgan fingerprint density at radius 2 is 1.75 bits per heavy atom. The minimum absolute atomic E-state index is 0.0279. The fourth-order valence-corrected chi connectivity index (χ4v) is 2.39. The molecule has 1 amide bonds. The Bertz CT molecular complexity index is 647. The van der Waals surface area contributed by atoms with Crippen molar-refractivity contribution < 1.29 is 9.53 Å². The molecule has 0 saturated heterocycles. The molecule has 3 heteroatoms. The van der Waals surface area contributed by atoms with Crippen LogP contribution in [0.2, 0.25) is 0 Å². The number of benzene rings is 2. The molecule has 1 aliphatic rings. The zero-order valence-electron chi connectivity index (χ0n) is 11.7. The molecule has 2 aromatic rings. The molecule has 0 aromatic heterocycles. The van der Waals surface area contributed by atoms with E-state index in [1.54, 1.807) is 4.90 Å². The highest BCUT2D eigenvalue weighted by Gasteiger charge is 2.24. The van der Waals surface area contributed by atoms with Crippen molar-refractivity contribution in [2.45, 2.75) is 13.8 Å². The molecule has 2 aromatic carbocycles. The average Bonchev–Trinajstić information content (AvgIpc) is 2.46. The molecule has 1 aliphatic heterocycles. The van der Waals surface area contributed by atoms with E-state index in [2.05, 4.69) is 0 Å². The second kappa shape index (κ2) is 5.00. The topological polar surface area (TPSA) is 29.5 Å². The number of hydrogen-bond acceptors (Lipinski definition) is 2. The SMILES string of the molecule is Cc1ccc(C(=O)N2CCOc3ccc(C)cc32)cc1. The molecule has 102 valence electrons. The summed E-state index contributed by atoms with van der Waals surface area (Å²) in [6.45, 7) is 5.15. The van der Waals surface area contributed by atoms with Gasteiger partial charge in [0.1, 0.15) is 12.4 Å². The van der Waals surface area contributed by atoms with Gasteiger partial charge in [-0.3, -0.25) is 4.79 Å². The van der Waals surface area contributed by atoms with Gasteiger partial charge in [-0.15, -0.1) is 0 Å².